The smallest absolute Gasteiger partial charge is 0.228 e. The molecule has 4 nitrogen and oxygen atoms in total. The molecule has 2 aromatic carbocycles. The second-order valence-electron chi connectivity index (χ2n) is 7.02. The van der Waals surface area contributed by atoms with Gasteiger partial charge < -0.3 is 5.32 Å². The van der Waals surface area contributed by atoms with Gasteiger partial charge in [0, 0.05) is 5.92 Å². The van der Waals surface area contributed by atoms with Crippen molar-refractivity contribution in [2.24, 2.45) is 11.8 Å². The number of nitrogens with zero attached hydrogens (tertiary/aromatic N) is 2. The molecule has 2 aliphatic rings. The first kappa shape index (κ1) is 14.5. The minimum absolute atomic E-state index is 0.106. The van der Waals surface area contributed by atoms with E-state index in [-0.39, 0.29) is 11.8 Å². The number of rotatable bonds is 3. The van der Waals surface area contributed by atoms with E-state index in [0.29, 0.717) is 11.8 Å². The molecule has 0 radical (unpaired) electrons. The van der Waals surface area contributed by atoms with Gasteiger partial charge in [0.1, 0.15) is 0 Å². The van der Waals surface area contributed by atoms with E-state index in [2.05, 4.69) is 34.7 Å². The molecule has 0 spiro atoms. The summed E-state index contributed by atoms with van der Waals surface area (Å²) in [7, 11) is 0. The third-order valence-corrected chi connectivity index (χ3v) is 5.52. The summed E-state index contributed by atoms with van der Waals surface area (Å²) in [4.78, 5) is 12.7. The zero-order valence-electron chi connectivity index (χ0n) is 14.0. The van der Waals surface area contributed by atoms with E-state index in [0.717, 1.165) is 23.5 Å². The maximum absolute atomic E-state index is 12.7. The molecule has 1 amide bonds. The molecule has 4 heteroatoms. The van der Waals surface area contributed by atoms with Crippen molar-refractivity contribution in [1.82, 2.24) is 9.78 Å². The molecule has 0 saturated heterocycles. The van der Waals surface area contributed by atoms with E-state index in [4.69, 9.17) is 0 Å². The van der Waals surface area contributed by atoms with Crippen LogP contribution in [0.25, 0.3) is 5.69 Å². The van der Waals surface area contributed by atoms with Crippen LogP contribution in [-0.4, -0.2) is 15.7 Å². The van der Waals surface area contributed by atoms with Crippen molar-refractivity contribution in [3.05, 3.63) is 77.6 Å². The quantitative estimate of drug-likeness (QED) is 0.796. The average Bonchev–Trinajstić information content (AvgIpc) is 3.04. The van der Waals surface area contributed by atoms with Crippen LogP contribution in [0.3, 0.4) is 0 Å². The molecular formula is C21H19N3O. The maximum Gasteiger partial charge on any atom is 0.228 e. The molecule has 1 heterocycles. The fourth-order valence-corrected chi connectivity index (χ4v) is 4.22. The number of para-hydroxylation sites is 1. The van der Waals surface area contributed by atoms with E-state index in [1.54, 1.807) is 0 Å². The first-order valence-corrected chi connectivity index (χ1v) is 8.73. The number of carbonyl (C=O) groups excluding carboxylic acids is 1. The molecule has 5 rings (SSSR count). The second kappa shape index (κ2) is 5.31. The number of hydrogen-bond acceptors (Lipinski definition) is 2. The lowest BCUT2D eigenvalue weighted by Crippen LogP contribution is -2.17. The zero-order valence-corrected chi connectivity index (χ0v) is 14.0. The van der Waals surface area contributed by atoms with Crippen LogP contribution in [0, 0.1) is 18.8 Å². The Balaban J connectivity index is 1.34. The molecule has 1 saturated carbocycles. The Labute approximate surface area is 146 Å². The normalized spacial score (nSPS) is 23.0. The molecule has 1 fully saturated rings. The van der Waals surface area contributed by atoms with Crippen molar-refractivity contribution >= 4 is 11.6 Å². The van der Waals surface area contributed by atoms with Gasteiger partial charge in [0.15, 0.2) is 0 Å². The van der Waals surface area contributed by atoms with Gasteiger partial charge in [-0.2, -0.15) is 5.10 Å². The van der Waals surface area contributed by atoms with Crippen molar-refractivity contribution < 1.29 is 4.79 Å². The molecule has 3 unspecified atom stereocenters. The van der Waals surface area contributed by atoms with Gasteiger partial charge in [-0.15, -0.1) is 0 Å². The number of benzene rings is 2. The van der Waals surface area contributed by atoms with E-state index in [1.807, 2.05) is 48.1 Å². The molecule has 0 aliphatic heterocycles. The van der Waals surface area contributed by atoms with Gasteiger partial charge >= 0.3 is 0 Å². The third-order valence-electron chi connectivity index (χ3n) is 5.52. The van der Waals surface area contributed by atoms with Gasteiger partial charge in [0.05, 0.1) is 23.3 Å². The lowest BCUT2D eigenvalue weighted by atomic mass is 10.0. The molecule has 2 aliphatic carbocycles. The standard InChI is InChI=1S/C21H19N3O/c1-13-18(12-24(23-13)15-8-3-2-4-9-15)22-21(25)20-17-11-14-7-5-6-10-16(14)19(17)20/h2-10,12,17,19-20H,11H2,1H3,(H,22,25). The van der Waals surface area contributed by atoms with Crippen molar-refractivity contribution in [1.29, 1.82) is 0 Å². The van der Waals surface area contributed by atoms with Gasteiger partial charge in [-0.1, -0.05) is 42.5 Å². The van der Waals surface area contributed by atoms with Crippen LogP contribution in [0.2, 0.25) is 0 Å². The summed E-state index contributed by atoms with van der Waals surface area (Å²) in [5, 5.41) is 7.62. The minimum atomic E-state index is 0.106. The van der Waals surface area contributed by atoms with Crippen LogP contribution in [0.1, 0.15) is 22.7 Å². The summed E-state index contributed by atoms with van der Waals surface area (Å²) >= 11 is 0. The summed E-state index contributed by atoms with van der Waals surface area (Å²) in [5.41, 5.74) is 5.40. The number of aromatic nitrogens is 2. The highest BCUT2D eigenvalue weighted by atomic mass is 16.2. The van der Waals surface area contributed by atoms with E-state index < -0.39 is 0 Å². The number of aryl methyl sites for hydroxylation is 1. The van der Waals surface area contributed by atoms with Crippen molar-refractivity contribution in [3.8, 4) is 5.69 Å². The summed E-state index contributed by atoms with van der Waals surface area (Å²) < 4.78 is 1.81. The first-order valence-electron chi connectivity index (χ1n) is 8.73. The van der Waals surface area contributed by atoms with Crippen LogP contribution < -0.4 is 5.32 Å². The van der Waals surface area contributed by atoms with Crippen molar-refractivity contribution in [2.45, 2.75) is 19.3 Å². The van der Waals surface area contributed by atoms with Crippen LogP contribution in [0.5, 0.6) is 0 Å². The van der Waals surface area contributed by atoms with Gasteiger partial charge in [0.2, 0.25) is 5.91 Å². The van der Waals surface area contributed by atoms with E-state index >= 15 is 0 Å². The molecule has 1 aromatic heterocycles. The van der Waals surface area contributed by atoms with Crippen molar-refractivity contribution in [3.63, 3.8) is 0 Å². The van der Waals surface area contributed by atoms with Crippen LogP contribution in [0.15, 0.2) is 60.8 Å². The molecule has 1 N–H and O–H groups in total. The summed E-state index contributed by atoms with van der Waals surface area (Å²) in [6, 6.07) is 18.5. The lowest BCUT2D eigenvalue weighted by molar-refractivity contribution is -0.117. The molecular weight excluding hydrogens is 310 g/mol. The molecule has 3 aromatic rings. The highest BCUT2D eigenvalue weighted by molar-refractivity contribution is 5.96. The number of nitrogens with one attached hydrogen (secondary N) is 1. The van der Waals surface area contributed by atoms with Crippen molar-refractivity contribution in [2.75, 3.05) is 5.32 Å². The molecule has 124 valence electrons. The topological polar surface area (TPSA) is 46.9 Å². The number of carbonyl (C=O) groups is 1. The summed E-state index contributed by atoms with van der Waals surface area (Å²) in [6.07, 6.45) is 2.93. The van der Waals surface area contributed by atoms with Crippen LogP contribution >= 0.6 is 0 Å². The van der Waals surface area contributed by atoms with Gasteiger partial charge in [-0.3, -0.25) is 4.79 Å². The Morgan fingerprint density at radius 2 is 1.88 bits per heavy atom. The zero-order chi connectivity index (χ0) is 17.0. The Morgan fingerprint density at radius 3 is 2.72 bits per heavy atom. The minimum Gasteiger partial charge on any atom is -0.323 e. The van der Waals surface area contributed by atoms with Gasteiger partial charge in [0.25, 0.3) is 0 Å². The maximum atomic E-state index is 12.7. The van der Waals surface area contributed by atoms with E-state index in [9.17, 15) is 4.79 Å². The predicted octanol–water partition coefficient (Wildman–Crippen LogP) is 3.71. The Morgan fingerprint density at radius 1 is 1.12 bits per heavy atom. The molecule has 3 atom stereocenters. The molecule has 0 bridgehead atoms. The Bertz CT molecular complexity index is 960. The fourth-order valence-electron chi connectivity index (χ4n) is 4.22. The number of amides is 1. The summed E-state index contributed by atoms with van der Waals surface area (Å²) in [6.45, 7) is 1.93. The number of anilines is 1. The number of hydrogen-bond donors (Lipinski definition) is 1. The largest absolute Gasteiger partial charge is 0.323 e. The molecule has 25 heavy (non-hydrogen) atoms. The third kappa shape index (κ3) is 2.29. The Kier molecular flexibility index (Phi) is 3.07. The SMILES string of the molecule is Cc1nn(-c2ccccc2)cc1NC(=O)C1C2Cc3ccccc3C21. The van der Waals surface area contributed by atoms with Gasteiger partial charge in [-0.25, -0.2) is 4.68 Å². The summed E-state index contributed by atoms with van der Waals surface area (Å²) in [5.74, 6) is 1.11. The Hall–Kier alpha value is -2.88. The number of fused-ring (bicyclic) bond motifs is 3. The highest BCUT2D eigenvalue weighted by Crippen LogP contribution is 2.61. The second-order valence-corrected chi connectivity index (χ2v) is 7.02. The predicted molar refractivity (Wildman–Crippen MR) is 96.8 cm³/mol. The monoisotopic (exact) mass is 329 g/mol. The van der Waals surface area contributed by atoms with Gasteiger partial charge in [-0.05, 0) is 48.4 Å². The van der Waals surface area contributed by atoms with Crippen LogP contribution in [-0.2, 0) is 11.2 Å². The fraction of sp³-hybridized carbons (Fsp3) is 0.238. The average molecular weight is 329 g/mol. The first-order chi connectivity index (χ1) is 12.2. The highest BCUT2D eigenvalue weighted by Gasteiger charge is 2.59. The lowest BCUT2D eigenvalue weighted by Gasteiger charge is -2.08. The van der Waals surface area contributed by atoms with E-state index in [1.165, 1.54) is 11.1 Å². The van der Waals surface area contributed by atoms with Crippen LogP contribution in [0.4, 0.5) is 5.69 Å².